The summed E-state index contributed by atoms with van der Waals surface area (Å²) >= 11 is 2.27. The van der Waals surface area contributed by atoms with E-state index in [1.807, 2.05) is 50.2 Å². The number of carbonyl (C=O) groups excluding carboxylic acids is 1. The van der Waals surface area contributed by atoms with Crippen molar-refractivity contribution in [2.45, 2.75) is 13.8 Å². The molecule has 0 bridgehead atoms. The van der Waals surface area contributed by atoms with Gasteiger partial charge in [0.15, 0.2) is 11.5 Å². The number of nitriles is 1. The Morgan fingerprint density at radius 1 is 1.06 bits per heavy atom. The van der Waals surface area contributed by atoms with Crippen LogP contribution in [-0.2, 0) is 4.79 Å². The predicted octanol–water partition coefficient (Wildman–Crippen LogP) is 5.26. The summed E-state index contributed by atoms with van der Waals surface area (Å²) in [7, 11) is 3.06. The second-order valence-electron chi connectivity index (χ2n) is 6.83. The molecule has 0 aliphatic carbocycles. The summed E-state index contributed by atoms with van der Waals surface area (Å²) in [6, 6.07) is 17.2. The van der Waals surface area contributed by atoms with Crippen LogP contribution < -0.4 is 14.8 Å². The molecule has 0 saturated carbocycles. The molecule has 0 fully saturated rings. The second kappa shape index (κ2) is 9.71. The molecule has 0 spiro atoms. The number of amides is 1. The maximum absolute atomic E-state index is 12.7. The standard InChI is InChI=1S/C24H22IN3O3/c1-15-11-17(16(2)28(15)21-8-5-19(25)6-9-21)12-18(14-26)24(29)27-20-7-10-22(30-3)23(13-20)31-4/h5-13H,1-4H3,(H,27,29). The Kier molecular flexibility index (Phi) is 7.02. The van der Waals surface area contributed by atoms with Gasteiger partial charge in [0.2, 0.25) is 0 Å². The molecule has 1 heterocycles. The lowest BCUT2D eigenvalue weighted by Crippen LogP contribution is -2.13. The van der Waals surface area contributed by atoms with E-state index in [0.717, 1.165) is 26.2 Å². The zero-order valence-electron chi connectivity index (χ0n) is 17.7. The van der Waals surface area contributed by atoms with Gasteiger partial charge in [0.1, 0.15) is 11.6 Å². The minimum atomic E-state index is -0.492. The van der Waals surface area contributed by atoms with Gasteiger partial charge in [0.25, 0.3) is 5.91 Å². The van der Waals surface area contributed by atoms with E-state index in [1.54, 1.807) is 31.4 Å². The highest BCUT2D eigenvalue weighted by Gasteiger charge is 2.15. The van der Waals surface area contributed by atoms with Crippen LogP contribution in [0, 0.1) is 28.7 Å². The summed E-state index contributed by atoms with van der Waals surface area (Å²) in [6.07, 6.45) is 1.61. The van der Waals surface area contributed by atoms with Crippen LogP contribution in [0.25, 0.3) is 11.8 Å². The van der Waals surface area contributed by atoms with E-state index in [9.17, 15) is 10.1 Å². The molecule has 1 N–H and O–H groups in total. The summed E-state index contributed by atoms with van der Waals surface area (Å²) in [6.45, 7) is 3.97. The molecule has 7 heteroatoms. The highest BCUT2D eigenvalue weighted by Crippen LogP contribution is 2.30. The SMILES string of the molecule is COc1ccc(NC(=O)C(C#N)=Cc2cc(C)n(-c3ccc(I)cc3)c2C)cc1OC. The van der Waals surface area contributed by atoms with Crippen LogP contribution in [-0.4, -0.2) is 24.7 Å². The number of nitrogens with one attached hydrogen (secondary N) is 1. The van der Waals surface area contributed by atoms with E-state index in [2.05, 4.69) is 32.5 Å². The number of carbonyl (C=O) groups is 1. The molecule has 0 radical (unpaired) electrons. The van der Waals surface area contributed by atoms with Crippen molar-refractivity contribution < 1.29 is 14.3 Å². The number of aryl methyl sites for hydroxylation is 1. The first-order chi connectivity index (χ1) is 14.9. The van der Waals surface area contributed by atoms with Gasteiger partial charge in [-0.1, -0.05) is 0 Å². The number of hydrogen-bond donors (Lipinski definition) is 1. The third-order valence-corrected chi connectivity index (χ3v) is 5.58. The molecule has 3 rings (SSSR count). The molecule has 0 unspecified atom stereocenters. The highest BCUT2D eigenvalue weighted by atomic mass is 127. The van der Waals surface area contributed by atoms with Crippen LogP contribution >= 0.6 is 22.6 Å². The van der Waals surface area contributed by atoms with E-state index >= 15 is 0 Å². The van der Waals surface area contributed by atoms with Crippen molar-refractivity contribution in [3.63, 3.8) is 0 Å². The van der Waals surface area contributed by atoms with Crippen LogP contribution in [0.5, 0.6) is 11.5 Å². The lowest BCUT2D eigenvalue weighted by Gasteiger charge is -2.10. The number of nitrogens with zero attached hydrogens (tertiary/aromatic N) is 2. The van der Waals surface area contributed by atoms with Crippen molar-refractivity contribution in [3.05, 3.63) is 74.6 Å². The van der Waals surface area contributed by atoms with Gasteiger partial charge in [0, 0.05) is 32.4 Å². The quantitative estimate of drug-likeness (QED) is 0.270. The predicted molar refractivity (Wildman–Crippen MR) is 130 cm³/mol. The van der Waals surface area contributed by atoms with Crippen LogP contribution in [0.4, 0.5) is 5.69 Å². The van der Waals surface area contributed by atoms with Gasteiger partial charge in [0.05, 0.1) is 14.2 Å². The van der Waals surface area contributed by atoms with Crippen molar-refractivity contribution in [2.24, 2.45) is 0 Å². The number of benzene rings is 2. The largest absolute Gasteiger partial charge is 0.493 e. The Morgan fingerprint density at radius 2 is 1.74 bits per heavy atom. The molecule has 0 atom stereocenters. The number of aromatic nitrogens is 1. The minimum absolute atomic E-state index is 0.0117. The molecule has 158 valence electrons. The van der Waals surface area contributed by atoms with Gasteiger partial charge < -0.3 is 19.4 Å². The van der Waals surface area contributed by atoms with Crippen molar-refractivity contribution >= 4 is 40.3 Å². The first-order valence-electron chi connectivity index (χ1n) is 9.48. The number of ether oxygens (including phenoxy) is 2. The van der Waals surface area contributed by atoms with Gasteiger partial charge >= 0.3 is 0 Å². The summed E-state index contributed by atoms with van der Waals surface area (Å²) in [5, 5.41) is 12.3. The van der Waals surface area contributed by atoms with E-state index < -0.39 is 5.91 Å². The zero-order valence-corrected chi connectivity index (χ0v) is 19.9. The molecule has 0 saturated heterocycles. The average Bonchev–Trinajstić information content (AvgIpc) is 3.05. The molecule has 31 heavy (non-hydrogen) atoms. The fraction of sp³-hybridized carbons (Fsp3) is 0.167. The Bertz CT molecular complexity index is 1190. The topological polar surface area (TPSA) is 76.3 Å². The third-order valence-electron chi connectivity index (χ3n) is 4.86. The molecule has 1 aromatic heterocycles. The Morgan fingerprint density at radius 3 is 2.35 bits per heavy atom. The number of methoxy groups -OCH3 is 2. The maximum Gasteiger partial charge on any atom is 0.266 e. The van der Waals surface area contributed by atoms with Crippen molar-refractivity contribution in [2.75, 3.05) is 19.5 Å². The molecular weight excluding hydrogens is 505 g/mol. The summed E-state index contributed by atoms with van der Waals surface area (Å²) < 4.78 is 13.7. The summed E-state index contributed by atoms with van der Waals surface area (Å²) in [5.74, 6) is 0.553. The van der Waals surface area contributed by atoms with E-state index in [-0.39, 0.29) is 5.57 Å². The fourth-order valence-corrected chi connectivity index (χ4v) is 3.70. The lowest BCUT2D eigenvalue weighted by atomic mass is 10.1. The number of halogens is 1. The monoisotopic (exact) mass is 527 g/mol. The molecule has 6 nitrogen and oxygen atoms in total. The zero-order chi connectivity index (χ0) is 22.5. The molecule has 0 aliphatic rings. The van der Waals surface area contributed by atoms with Gasteiger partial charge in [-0.2, -0.15) is 5.26 Å². The normalized spacial score (nSPS) is 11.0. The van der Waals surface area contributed by atoms with Gasteiger partial charge in [-0.3, -0.25) is 4.79 Å². The summed E-state index contributed by atoms with van der Waals surface area (Å²) in [4.78, 5) is 12.7. The van der Waals surface area contributed by atoms with Gasteiger partial charge in [-0.25, -0.2) is 0 Å². The molecule has 0 aliphatic heterocycles. The number of rotatable bonds is 6. The number of anilines is 1. The second-order valence-corrected chi connectivity index (χ2v) is 8.08. The van der Waals surface area contributed by atoms with Gasteiger partial charge in [-0.05, 0) is 90.5 Å². The minimum Gasteiger partial charge on any atom is -0.493 e. The van der Waals surface area contributed by atoms with Gasteiger partial charge in [-0.15, -0.1) is 0 Å². The van der Waals surface area contributed by atoms with Crippen LogP contribution in [0.2, 0.25) is 0 Å². The van der Waals surface area contributed by atoms with Crippen LogP contribution in [0.15, 0.2) is 54.1 Å². The Hall–Kier alpha value is -3.25. The van der Waals surface area contributed by atoms with Crippen molar-refractivity contribution in [3.8, 4) is 23.3 Å². The number of hydrogen-bond acceptors (Lipinski definition) is 4. The molecule has 2 aromatic carbocycles. The van der Waals surface area contributed by atoms with E-state index in [4.69, 9.17) is 9.47 Å². The molecular formula is C24H22IN3O3. The molecule has 1 amide bonds. The van der Waals surface area contributed by atoms with Crippen LogP contribution in [0.1, 0.15) is 17.0 Å². The smallest absolute Gasteiger partial charge is 0.266 e. The maximum atomic E-state index is 12.7. The highest BCUT2D eigenvalue weighted by molar-refractivity contribution is 14.1. The average molecular weight is 527 g/mol. The van der Waals surface area contributed by atoms with E-state index in [0.29, 0.717) is 17.2 Å². The third kappa shape index (κ3) is 4.91. The Balaban J connectivity index is 1.90. The van der Waals surface area contributed by atoms with Crippen molar-refractivity contribution in [1.29, 1.82) is 5.26 Å². The van der Waals surface area contributed by atoms with Crippen molar-refractivity contribution in [1.82, 2.24) is 4.57 Å². The van der Waals surface area contributed by atoms with E-state index in [1.165, 1.54) is 7.11 Å². The molecule has 3 aromatic rings. The fourth-order valence-electron chi connectivity index (χ4n) is 3.34. The summed E-state index contributed by atoms with van der Waals surface area (Å²) in [5.41, 5.74) is 4.33. The van der Waals surface area contributed by atoms with Crippen LogP contribution in [0.3, 0.4) is 0 Å². The Labute approximate surface area is 195 Å². The first kappa shape index (κ1) is 22.4. The lowest BCUT2D eigenvalue weighted by molar-refractivity contribution is -0.112. The first-order valence-corrected chi connectivity index (χ1v) is 10.6.